The van der Waals surface area contributed by atoms with Gasteiger partial charge in [-0.15, -0.1) is 0 Å². The van der Waals surface area contributed by atoms with Gasteiger partial charge in [0.2, 0.25) is 11.7 Å². The molecule has 6 heteroatoms. The molecule has 1 N–H and O–H groups in total. The van der Waals surface area contributed by atoms with E-state index in [0.29, 0.717) is 6.42 Å². The standard InChI is InChI=1S/C14H23NO5/c1-8(2)6-11(15-10(5)16)13(18)20-14(19)12(17)7-9(3)4/h8-9,11H,6-7H2,1-5H3,(H,15,16)/t11-/m0/s1. The maximum Gasteiger partial charge on any atom is 0.382 e. The summed E-state index contributed by atoms with van der Waals surface area (Å²) >= 11 is 0. The first kappa shape index (κ1) is 18.3. The maximum atomic E-state index is 11.8. The summed E-state index contributed by atoms with van der Waals surface area (Å²) in [5.74, 6) is -3.06. The SMILES string of the molecule is CC(=O)N[C@@H](CC(C)C)C(=O)OC(=O)C(=O)CC(C)C. The van der Waals surface area contributed by atoms with Gasteiger partial charge in [0.05, 0.1) is 0 Å². The van der Waals surface area contributed by atoms with Crippen LogP contribution in [0.1, 0.15) is 47.5 Å². The molecule has 0 aliphatic rings. The zero-order valence-electron chi connectivity index (χ0n) is 12.7. The lowest BCUT2D eigenvalue weighted by Crippen LogP contribution is -2.43. The average Bonchev–Trinajstić information content (AvgIpc) is 2.25. The Morgan fingerprint density at radius 1 is 1.00 bits per heavy atom. The largest absolute Gasteiger partial charge is 0.386 e. The summed E-state index contributed by atoms with van der Waals surface area (Å²) in [5, 5.41) is 2.42. The number of nitrogens with one attached hydrogen (secondary N) is 1. The number of esters is 2. The Morgan fingerprint density at radius 3 is 1.95 bits per heavy atom. The van der Waals surface area contributed by atoms with Crippen LogP contribution < -0.4 is 5.32 Å². The third-order valence-electron chi connectivity index (χ3n) is 2.38. The van der Waals surface area contributed by atoms with Gasteiger partial charge in [-0.05, 0) is 18.3 Å². The van der Waals surface area contributed by atoms with Gasteiger partial charge in [-0.1, -0.05) is 27.7 Å². The Balaban J connectivity index is 4.62. The minimum atomic E-state index is -1.16. The topological polar surface area (TPSA) is 89.5 Å². The van der Waals surface area contributed by atoms with Crippen molar-refractivity contribution >= 4 is 23.6 Å². The minimum absolute atomic E-state index is 0.00644. The molecule has 0 saturated heterocycles. The number of hydrogen-bond acceptors (Lipinski definition) is 5. The Labute approximate surface area is 119 Å². The zero-order chi connectivity index (χ0) is 15.9. The molecule has 0 aliphatic heterocycles. The molecule has 0 aromatic carbocycles. The molecule has 1 atom stereocenters. The fraction of sp³-hybridized carbons (Fsp3) is 0.714. The predicted molar refractivity (Wildman–Crippen MR) is 72.6 cm³/mol. The van der Waals surface area contributed by atoms with Gasteiger partial charge in [0, 0.05) is 13.3 Å². The number of carbonyl (C=O) groups excluding carboxylic acids is 4. The molecule has 6 nitrogen and oxygen atoms in total. The van der Waals surface area contributed by atoms with Crippen LogP contribution in [0.5, 0.6) is 0 Å². The van der Waals surface area contributed by atoms with Crippen molar-refractivity contribution in [3.63, 3.8) is 0 Å². The van der Waals surface area contributed by atoms with Crippen LogP contribution >= 0.6 is 0 Å². The number of ether oxygens (including phenoxy) is 1. The molecule has 0 radical (unpaired) electrons. The fourth-order valence-electron chi connectivity index (χ4n) is 1.60. The highest BCUT2D eigenvalue weighted by molar-refractivity contribution is 6.35. The van der Waals surface area contributed by atoms with Gasteiger partial charge in [0.1, 0.15) is 6.04 Å². The van der Waals surface area contributed by atoms with Gasteiger partial charge in [-0.25, -0.2) is 9.59 Å². The van der Waals surface area contributed by atoms with Crippen molar-refractivity contribution in [2.24, 2.45) is 11.8 Å². The van der Waals surface area contributed by atoms with E-state index in [9.17, 15) is 19.2 Å². The first-order chi connectivity index (χ1) is 9.13. The van der Waals surface area contributed by atoms with Crippen LogP contribution in [-0.2, 0) is 23.9 Å². The molecule has 1 amide bonds. The van der Waals surface area contributed by atoms with E-state index < -0.39 is 29.7 Å². The van der Waals surface area contributed by atoms with Crippen molar-refractivity contribution in [2.45, 2.75) is 53.5 Å². The number of rotatable bonds is 7. The lowest BCUT2D eigenvalue weighted by molar-refractivity contribution is -0.166. The first-order valence-electron chi connectivity index (χ1n) is 6.69. The second-order valence-corrected chi connectivity index (χ2v) is 5.61. The molecule has 0 bridgehead atoms. The van der Waals surface area contributed by atoms with Crippen molar-refractivity contribution in [2.75, 3.05) is 0 Å². The van der Waals surface area contributed by atoms with Gasteiger partial charge in [-0.3, -0.25) is 9.59 Å². The maximum absolute atomic E-state index is 11.8. The molecule has 0 saturated carbocycles. The predicted octanol–water partition coefficient (Wildman–Crippen LogP) is 1.22. The fourth-order valence-corrected chi connectivity index (χ4v) is 1.60. The molecule has 0 aliphatic carbocycles. The molecular formula is C14H23NO5. The average molecular weight is 285 g/mol. The van der Waals surface area contributed by atoms with Crippen molar-refractivity contribution in [1.82, 2.24) is 5.32 Å². The summed E-state index contributed by atoms with van der Waals surface area (Å²) < 4.78 is 4.53. The number of hydrogen-bond donors (Lipinski definition) is 1. The van der Waals surface area contributed by atoms with Gasteiger partial charge in [0.15, 0.2) is 0 Å². The lowest BCUT2D eigenvalue weighted by atomic mass is 10.0. The van der Waals surface area contributed by atoms with Gasteiger partial charge in [0.25, 0.3) is 0 Å². The van der Waals surface area contributed by atoms with Crippen molar-refractivity contribution in [3.05, 3.63) is 0 Å². The third-order valence-corrected chi connectivity index (χ3v) is 2.38. The van der Waals surface area contributed by atoms with Crippen molar-refractivity contribution in [1.29, 1.82) is 0 Å². The summed E-state index contributed by atoms with van der Waals surface area (Å²) in [6.45, 7) is 8.58. The Morgan fingerprint density at radius 2 is 1.55 bits per heavy atom. The van der Waals surface area contributed by atoms with Gasteiger partial charge in [-0.2, -0.15) is 0 Å². The molecular weight excluding hydrogens is 262 g/mol. The minimum Gasteiger partial charge on any atom is -0.386 e. The van der Waals surface area contributed by atoms with E-state index in [1.807, 2.05) is 13.8 Å². The van der Waals surface area contributed by atoms with Crippen LogP contribution in [0.15, 0.2) is 0 Å². The van der Waals surface area contributed by atoms with E-state index in [2.05, 4.69) is 10.1 Å². The molecule has 20 heavy (non-hydrogen) atoms. The van der Waals surface area contributed by atoms with Crippen LogP contribution in [0.2, 0.25) is 0 Å². The monoisotopic (exact) mass is 285 g/mol. The highest BCUT2D eigenvalue weighted by atomic mass is 16.6. The summed E-state index contributed by atoms with van der Waals surface area (Å²) in [7, 11) is 0. The summed E-state index contributed by atoms with van der Waals surface area (Å²) in [4.78, 5) is 45.7. The number of carbonyl (C=O) groups is 4. The summed E-state index contributed by atoms with van der Waals surface area (Å²) in [6, 6.07) is -0.914. The first-order valence-corrected chi connectivity index (χ1v) is 6.69. The normalized spacial score (nSPS) is 12.2. The molecule has 0 fully saturated rings. The van der Waals surface area contributed by atoms with Crippen molar-refractivity contribution in [3.8, 4) is 0 Å². The van der Waals surface area contributed by atoms with Crippen LogP contribution in [0.3, 0.4) is 0 Å². The van der Waals surface area contributed by atoms with E-state index in [4.69, 9.17) is 0 Å². The van der Waals surface area contributed by atoms with E-state index in [0.717, 1.165) is 0 Å². The summed E-state index contributed by atoms with van der Waals surface area (Å²) in [5.41, 5.74) is 0. The summed E-state index contributed by atoms with van der Waals surface area (Å²) in [6.07, 6.45) is 0.366. The van der Waals surface area contributed by atoms with Crippen LogP contribution in [0.25, 0.3) is 0 Å². The molecule has 0 unspecified atom stereocenters. The van der Waals surface area contributed by atoms with Gasteiger partial charge >= 0.3 is 11.9 Å². The number of ketones is 1. The van der Waals surface area contributed by atoms with Gasteiger partial charge < -0.3 is 10.1 Å². The number of amides is 1. The highest BCUT2D eigenvalue weighted by Gasteiger charge is 2.27. The van der Waals surface area contributed by atoms with E-state index in [1.165, 1.54) is 6.92 Å². The van der Waals surface area contributed by atoms with E-state index >= 15 is 0 Å². The lowest BCUT2D eigenvalue weighted by Gasteiger charge is -2.17. The van der Waals surface area contributed by atoms with Crippen LogP contribution in [0.4, 0.5) is 0 Å². The molecule has 0 heterocycles. The second-order valence-electron chi connectivity index (χ2n) is 5.61. The second kappa shape index (κ2) is 8.45. The van der Waals surface area contributed by atoms with E-state index in [1.54, 1.807) is 13.8 Å². The third kappa shape index (κ3) is 7.66. The quantitative estimate of drug-likeness (QED) is 0.431. The van der Waals surface area contributed by atoms with E-state index in [-0.39, 0.29) is 18.3 Å². The Bertz CT molecular complexity index is 387. The van der Waals surface area contributed by atoms with Crippen LogP contribution in [-0.4, -0.2) is 29.7 Å². The van der Waals surface area contributed by atoms with Crippen molar-refractivity contribution < 1.29 is 23.9 Å². The highest BCUT2D eigenvalue weighted by Crippen LogP contribution is 2.08. The zero-order valence-corrected chi connectivity index (χ0v) is 12.7. The number of Topliss-reactive ketones (excluding diaryl/α,β-unsaturated/α-hetero) is 1. The molecule has 0 aromatic rings. The molecule has 0 spiro atoms. The molecule has 114 valence electrons. The Kier molecular flexibility index (Phi) is 7.72. The van der Waals surface area contributed by atoms with Crippen LogP contribution in [0, 0.1) is 11.8 Å². The Hall–Kier alpha value is -1.72. The smallest absolute Gasteiger partial charge is 0.382 e. The molecule has 0 rings (SSSR count). The molecule has 0 aromatic heterocycles.